The summed E-state index contributed by atoms with van der Waals surface area (Å²) in [4.78, 5) is 12.8. The van der Waals surface area contributed by atoms with E-state index in [1.807, 2.05) is 18.2 Å². The van der Waals surface area contributed by atoms with Crippen LogP contribution in [0.3, 0.4) is 0 Å². The predicted octanol–water partition coefficient (Wildman–Crippen LogP) is 4.60. The van der Waals surface area contributed by atoms with E-state index in [-0.39, 0.29) is 5.91 Å². The summed E-state index contributed by atoms with van der Waals surface area (Å²) in [6.45, 7) is 1.79. The maximum absolute atomic E-state index is 12.8. The highest BCUT2D eigenvalue weighted by atomic mass is 35.5. The number of amides is 1. The highest BCUT2D eigenvalue weighted by Crippen LogP contribution is 2.22. The van der Waals surface area contributed by atoms with Crippen molar-refractivity contribution in [3.63, 3.8) is 0 Å². The molecule has 4 rings (SSSR count). The van der Waals surface area contributed by atoms with Crippen LogP contribution >= 0.6 is 11.6 Å². The number of hydrogen-bond donors (Lipinski definition) is 3. The third-order valence-electron chi connectivity index (χ3n) is 4.07. The Hall–Kier alpha value is -3.58. The summed E-state index contributed by atoms with van der Waals surface area (Å²) < 4.78 is 5.29. The summed E-state index contributed by atoms with van der Waals surface area (Å²) >= 11 is 5.90. The first-order valence-electron chi connectivity index (χ1n) is 8.49. The number of nitrogens with one attached hydrogen (secondary N) is 3. The molecule has 0 aliphatic carbocycles. The number of fused-ring (bicyclic) bond motifs is 1. The minimum Gasteiger partial charge on any atom is -0.361 e. The standard InChI is InChI=1S/C20H16ClN5O2/c1-12-8-19(28-26-12)17(20(27)24-15-6-3-14(21)4-7-15)11-22-16-5-2-13-10-23-25-18(13)9-16/h2-11,22H,1H3,(H,23,25)(H,24,27)/b17-11+. The molecule has 2 aromatic carbocycles. The molecule has 2 aromatic heterocycles. The van der Waals surface area contributed by atoms with Gasteiger partial charge in [0, 0.05) is 34.0 Å². The van der Waals surface area contributed by atoms with Crippen LogP contribution in [0, 0.1) is 6.92 Å². The summed E-state index contributed by atoms with van der Waals surface area (Å²) in [5, 5.41) is 18.3. The van der Waals surface area contributed by atoms with Crippen molar-refractivity contribution in [3.05, 3.63) is 77.4 Å². The molecule has 0 atom stereocenters. The number of H-pyrrole nitrogens is 1. The Morgan fingerprint density at radius 2 is 1.93 bits per heavy atom. The second-order valence-electron chi connectivity index (χ2n) is 6.17. The molecule has 0 radical (unpaired) electrons. The average Bonchev–Trinajstić information content (AvgIpc) is 3.32. The van der Waals surface area contributed by atoms with Gasteiger partial charge in [-0.2, -0.15) is 5.10 Å². The third kappa shape index (κ3) is 3.89. The van der Waals surface area contributed by atoms with Gasteiger partial charge in [-0.25, -0.2) is 0 Å². The molecular formula is C20H16ClN5O2. The van der Waals surface area contributed by atoms with Crippen LogP contribution < -0.4 is 10.6 Å². The number of aromatic nitrogens is 3. The van der Waals surface area contributed by atoms with E-state index >= 15 is 0 Å². The zero-order valence-electron chi connectivity index (χ0n) is 14.9. The number of hydrogen-bond acceptors (Lipinski definition) is 5. The van der Waals surface area contributed by atoms with Crippen molar-refractivity contribution in [1.82, 2.24) is 15.4 Å². The molecule has 28 heavy (non-hydrogen) atoms. The Morgan fingerprint density at radius 1 is 1.14 bits per heavy atom. The topological polar surface area (TPSA) is 95.8 Å². The van der Waals surface area contributed by atoms with Crippen LogP contribution in [-0.4, -0.2) is 21.3 Å². The molecule has 0 aliphatic heterocycles. The molecule has 1 amide bonds. The zero-order valence-corrected chi connectivity index (χ0v) is 15.6. The smallest absolute Gasteiger partial charge is 0.261 e. The van der Waals surface area contributed by atoms with E-state index in [9.17, 15) is 4.79 Å². The Labute approximate surface area is 165 Å². The van der Waals surface area contributed by atoms with E-state index in [0.29, 0.717) is 27.7 Å². The number of carbonyl (C=O) groups is 1. The molecule has 0 aliphatic rings. The van der Waals surface area contributed by atoms with Gasteiger partial charge in [0.1, 0.15) is 5.57 Å². The summed E-state index contributed by atoms with van der Waals surface area (Å²) in [7, 11) is 0. The molecule has 3 N–H and O–H groups in total. The first-order valence-corrected chi connectivity index (χ1v) is 8.87. The van der Waals surface area contributed by atoms with Gasteiger partial charge in [0.2, 0.25) is 0 Å². The van der Waals surface area contributed by atoms with Gasteiger partial charge in [-0.15, -0.1) is 0 Å². The highest BCUT2D eigenvalue weighted by molar-refractivity contribution is 6.30. The van der Waals surface area contributed by atoms with Crippen LogP contribution in [0.2, 0.25) is 5.02 Å². The van der Waals surface area contributed by atoms with Crippen molar-refractivity contribution in [1.29, 1.82) is 0 Å². The second-order valence-corrected chi connectivity index (χ2v) is 6.60. The van der Waals surface area contributed by atoms with Crippen molar-refractivity contribution in [3.8, 4) is 0 Å². The molecule has 0 saturated carbocycles. The summed E-state index contributed by atoms with van der Waals surface area (Å²) in [5.41, 5.74) is 3.29. The SMILES string of the molecule is Cc1cc(/C(=C\Nc2ccc3cn[nH]c3c2)C(=O)Nc2ccc(Cl)cc2)on1. The van der Waals surface area contributed by atoms with E-state index in [1.165, 1.54) is 0 Å². The molecule has 2 heterocycles. The number of carbonyl (C=O) groups excluding carboxylic acids is 1. The maximum Gasteiger partial charge on any atom is 0.261 e. The van der Waals surface area contributed by atoms with Crippen LogP contribution in [0.4, 0.5) is 11.4 Å². The van der Waals surface area contributed by atoms with Crippen LogP contribution in [-0.2, 0) is 4.79 Å². The van der Waals surface area contributed by atoms with E-state index in [0.717, 1.165) is 16.6 Å². The van der Waals surface area contributed by atoms with Crippen LogP contribution in [0.25, 0.3) is 16.5 Å². The second kappa shape index (κ2) is 7.58. The maximum atomic E-state index is 12.8. The van der Waals surface area contributed by atoms with Crippen molar-refractivity contribution in [2.45, 2.75) is 6.92 Å². The largest absolute Gasteiger partial charge is 0.361 e. The lowest BCUT2D eigenvalue weighted by atomic mass is 10.1. The molecule has 7 nitrogen and oxygen atoms in total. The van der Waals surface area contributed by atoms with E-state index in [1.54, 1.807) is 49.7 Å². The first-order chi connectivity index (χ1) is 13.6. The van der Waals surface area contributed by atoms with E-state index in [2.05, 4.69) is 26.0 Å². The van der Waals surface area contributed by atoms with Gasteiger partial charge in [-0.05, 0) is 49.4 Å². The van der Waals surface area contributed by atoms with Gasteiger partial charge >= 0.3 is 0 Å². The quantitative estimate of drug-likeness (QED) is 0.430. The minimum absolute atomic E-state index is 0.306. The summed E-state index contributed by atoms with van der Waals surface area (Å²) in [5.74, 6) is 0.0210. The predicted molar refractivity (Wildman–Crippen MR) is 109 cm³/mol. The average molecular weight is 394 g/mol. The van der Waals surface area contributed by atoms with Crippen molar-refractivity contribution >= 4 is 45.4 Å². The number of nitrogens with zero attached hydrogens (tertiary/aromatic N) is 2. The van der Waals surface area contributed by atoms with E-state index < -0.39 is 0 Å². The number of aryl methyl sites for hydroxylation is 1. The lowest BCUT2D eigenvalue weighted by molar-refractivity contribution is -0.111. The molecular weight excluding hydrogens is 378 g/mol. The number of anilines is 2. The molecule has 140 valence electrons. The molecule has 0 bridgehead atoms. The monoisotopic (exact) mass is 393 g/mol. The van der Waals surface area contributed by atoms with Gasteiger partial charge in [-0.1, -0.05) is 16.8 Å². The number of aromatic amines is 1. The first kappa shape index (κ1) is 17.8. The molecule has 4 aromatic rings. The lowest BCUT2D eigenvalue weighted by Crippen LogP contribution is -2.14. The lowest BCUT2D eigenvalue weighted by Gasteiger charge is -2.08. The zero-order chi connectivity index (χ0) is 19.5. The van der Waals surface area contributed by atoms with Gasteiger partial charge in [0.25, 0.3) is 5.91 Å². The third-order valence-corrected chi connectivity index (χ3v) is 4.32. The highest BCUT2D eigenvalue weighted by Gasteiger charge is 2.17. The fourth-order valence-electron chi connectivity index (χ4n) is 2.65. The van der Waals surface area contributed by atoms with E-state index in [4.69, 9.17) is 16.1 Å². The van der Waals surface area contributed by atoms with Crippen molar-refractivity contribution in [2.24, 2.45) is 0 Å². The minimum atomic E-state index is -0.339. The summed E-state index contributed by atoms with van der Waals surface area (Å²) in [6.07, 6.45) is 3.33. The molecule has 8 heteroatoms. The molecule has 0 saturated heterocycles. The van der Waals surface area contributed by atoms with Crippen LogP contribution in [0.15, 0.2) is 65.5 Å². The van der Waals surface area contributed by atoms with Crippen molar-refractivity contribution in [2.75, 3.05) is 10.6 Å². The van der Waals surface area contributed by atoms with Gasteiger partial charge in [-0.3, -0.25) is 9.89 Å². The van der Waals surface area contributed by atoms with Crippen LogP contribution in [0.5, 0.6) is 0 Å². The number of rotatable bonds is 5. The Balaban J connectivity index is 1.61. The normalized spacial score (nSPS) is 11.6. The Kier molecular flexibility index (Phi) is 4.82. The number of benzene rings is 2. The summed E-state index contributed by atoms with van der Waals surface area (Å²) in [6, 6.07) is 14.3. The van der Waals surface area contributed by atoms with Crippen LogP contribution in [0.1, 0.15) is 11.5 Å². The van der Waals surface area contributed by atoms with Gasteiger partial charge in [0.15, 0.2) is 5.76 Å². The molecule has 0 spiro atoms. The van der Waals surface area contributed by atoms with Gasteiger partial charge in [0.05, 0.1) is 17.4 Å². The Morgan fingerprint density at radius 3 is 2.68 bits per heavy atom. The fraction of sp³-hybridized carbons (Fsp3) is 0.0500. The van der Waals surface area contributed by atoms with Gasteiger partial charge < -0.3 is 15.2 Å². The number of halogens is 1. The van der Waals surface area contributed by atoms with Crippen molar-refractivity contribution < 1.29 is 9.32 Å². The molecule has 0 unspecified atom stereocenters. The fourth-order valence-corrected chi connectivity index (χ4v) is 2.78. The Bertz CT molecular complexity index is 1160. The molecule has 0 fully saturated rings.